The summed E-state index contributed by atoms with van der Waals surface area (Å²) < 4.78 is 0. The molecule has 1 saturated carbocycles. The molecule has 0 aromatic heterocycles. The second kappa shape index (κ2) is 7.68. The van der Waals surface area contributed by atoms with Gasteiger partial charge < -0.3 is 15.5 Å². The van der Waals surface area contributed by atoms with Gasteiger partial charge in [0.2, 0.25) is 5.91 Å². The molecule has 3 aliphatic rings. The van der Waals surface area contributed by atoms with Gasteiger partial charge in [0.1, 0.15) is 6.04 Å². The van der Waals surface area contributed by atoms with Gasteiger partial charge in [0.25, 0.3) is 0 Å². The fourth-order valence-corrected chi connectivity index (χ4v) is 4.76. The first kappa shape index (κ1) is 17.4. The molecule has 0 bridgehead atoms. The molecular formula is C21H29N3O2. The molecular weight excluding hydrogens is 326 g/mol. The van der Waals surface area contributed by atoms with Crippen molar-refractivity contribution in [2.24, 2.45) is 0 Å². The molecule has 140 valence electrons. The minimum absolute atomic E-state index is 0.00278. The Morgan fingerprint density at radius 3 is 2.58 bits per heavy atom. The van der Waals surface area contributed by atoms with E-state index in [-0.39, 0.29) is 30.1 Å². The fourth-order valence-electron chi connectivity index (χ4n) is 4.76. The number of hydrogen-bond acceptors (Lipinski definition) is 2. The molecule has 2 N–H and O–H groups in total. The van der Waals surface area contributed by atoms with E-state index < -0.39 is 0 Å². The number of carbonyl (C=O) groups is 2. The zero-order valence-corrected chi connectivity index (χ0v) is 15.4. The maximum Gasteiger partial charge on any atom is 0.318 e. The van der Waals surface area contributed by atoms with Crippen molar-refractivity contribution in [1.29, 1.82) is 0 Å². The molecule has 1 saturated heterocycles. The Kier molecular flexibility index (Phi) is 5.14. The number of carbonyl (C=O) groups excluding carboxylic acids is 2. The Hall–Kier alpha value is -2.04. The van der Waals surface area contributed by atoms with Gasteiger partial charge in [-0.05, 0) is 49.7 Å². The molecule has 1 aromatic carbocycles. The molecule has 0 radical (unpaired) electrons. The van der Waals surface area contributed by atoms with Crippen molar-refractivity contribution >= 4 is 11.9 Å². The summed E-state index contributed by atoms with van der Waals surface area (Å²) in [6.07, 6.45) is 9.40. The third kappa shape index (κ3) is 3.57. The van der Waals surface area contributed by atoms with Gasteiger partial charge in [-0.25, -0.2) is 4.79 Å². The highest BCUT2D eigenvalue weighted by Crippen LogP contribution is 2.31. The predicted molar refractivity (Wildman–Crippen MR) is 101 cm³/mol. The van der Waals surface area contributed by atoms with E-state index in [2.05, 4.69) is 28.8 Å². The smallest absolute Gasteiger partial charge is 0.318 e. The number of amides is 3. The Bertz CT molecular complexity index is 669. The molecule has 5 nitrogen and oxygen atoms in total. The van der Waals surface area contributed by atoms with Crippen LogP contribution in [0.3, 0.4) is 0 Å². The SMILES string of the molecule is O=C(N[C@@H]1CCc2ccccc21)[C@H]1CCCN1C(=O)NC1CCCCC1. The van der Waals surface area contributed by atoms with Gasteiger partial charge in [0, 0.05) is 12.6 Å². The first-order chi connectivity index (χ1) is 12.7. The lowest BCUT2D eigenvalue weighted by Gasteiger charge is -2.29. The monoisotopic (exact) mass is 355 g/mol. The standard InChI is InChI=1S/C21H29N3O2/c25-20(23-18-13-12-15-7-4-5-10-17(15)18)19-11-6-14-24(19)21(26)22-16-8-2-1-3-9-16/h4-5,7,10,16,18-19H,1-3,6,8-9,11-14H2,(H,22,26)(H,23,25)/t18-,19-/m1/s1. The van der Waals surface area contributed by atoms with Crippen LogP contribution in [0.15, 0.2) is 24.3 Å². The molecule has 2 aliphatic carbocycles. The first-order valence-corrected chi connectivity index (χ1v) is 10.2. The van der Waals surface area contributed by atoms with E-state index >= 15 is 0 Å². The largest absolute Gasteiger partial charge is 0.347 e. The van der Waals surface area contributed by atoms with Gasteiger partial charge in [0.05, 0.1) is 6.04 Å². The van der Waals surface area contributed by atoms with E-state index in [4.69, 9.17) is 0 Å². The van der Waals surface area contributed by atoms with Crippen molar-refractivity contribution in [3.8, 4) is 0 Å². The van der Waals surface area contributed by atoms with Crippen LogP contribution in [0.5, 0.6) is 0 Å². The van der Waals surface area contributed by atoms with Crippen molar-refractivity contribution < 1.29 is 9.59 Å². The van der Waals surface area contributed by atoms with Crippen LogP contribution in [0.1, 0.15) is 68.5 Å². The molecule has 3 amide bonds. The average Bonchev–Trinajstić information content (AvgIpc) is 3.30. The maximum atomic E-state index is 12.9. The van der Waals surface area contributed by atoms with Crippen LogP contribution < -0.4 is 10.6 Å². The van der Waals surface area contributed by atoms with Crippen LogP contribution >= 0.6 is 0 Å². The number of benzene rings is 1. The van der Waals surface area contributed by atoms with Crippen molar-refractivity contribution in [3.63, 3.8) is 0 Å². The fraction of sp³-hybridized carbons (Fsp3) is 0.619. The quantitative estimate of drug-likeness (QED) is 0.874. The van der Waals surface area contributed by atoms with Gasteiger partial charge in [-0.3, -0.25) is 4.79 Å². The van der Waals surface area contributed by atoms with Crippen molar-refractivity contribution in [2.75, 3.05) is 6.54 Å². The molecule has 0 spiro atoms. The Morgan fingerprint density at radius 1 is 0.923 bits per heavy atom. The van der Waals surface area contributed by atoms with Crippen LogP contribution in [-0.2, 0) is 11.2 Å². The molecule has 26 heavy (non-hydrogen) atoms. The predicted octanol–water partition coefficient (Wildman–Crippen LogP) is 3.30. The number of urea groups is 1. The van der Waals surface area contributed by atoms with E-state index in [1.807, 2.05) is 6.07 Å². The minimum Gasteiger partial charge on any atom is -0.347 e. The van der Waals surface area contributed by atoms with Gasteiger partial charge in [0.15, 0.2) is 0 Å². The van der Waals surface area contributed by atoms with E-state index in [1.165, 1.54) is 30.4 Å². The summed E-state index contributed by atoms with van der Waals surface area (Å²) >= 11 is 0. The normalized spacial score (nSPS) is 25.8. The molecule has 4 rings (SSSR count). The van der Waals surface area contributed by atoms with E-state index in [9.17, 15) is 9.59 Å². The molecule has 0 unspecified atom stereocenters. The average molecular weight is 355 g/mol. The molecule has 2 atom stereocenters. The van der Waals surface area contributed by atoms with Crippen molar-refractivity contribution in [1.82, 2.24) is 15.5 Å². The van der Waals surface area contributed by atoms with Crippen LogP contribution in [0.2, 0.25) is 0 Å². The molecule has 2 fully saturated rings. The highest BCUT2D eigenvalue weighted by molar-refractivity contribution is 5.88. The van der Waals surface area contributed by atoms with E-state index in [1.54, 1.807) is 4.90 Å². The van der Waals surface area contributed by atoms with E-state index in [0.717, 1.165) is 38.5 Å². The lowest BCUT2D eigenvalue weighted by atomic mass is 9.96. The van der Waals surface area contributed by atoms with Crippen molar-refractivity contribution in [3.05, 3.63) is 35.4 Å². The molecule has 1 aliphatic heterocycles. The summed E-state index contributed by atoms with van der Waals surface area (Å²) in [7, 11) is 0. The molecule has 1 heterocycles. The van der Waals surface area contributed by atoms with Crippen LogP contribution in [0.25, 0.3) is 0 Å². The second-order valence-corrected chi connectivity index (χ2v) is 7.93. The van der Waals surface area contributed by atoms with Gasteiger partial charge in [-0.2, -0.15) is 0 Å². The summed E-state index contributed by atoms with van der Waals surface area (Å²) in [5.74, 6) is 0.00278. The number of rotatable bonds is 3. The van der Waals surface area contributed by atoms with Gasteiger partial charge >= 0.3 is 6.03 Å². The summed E-state index contributed by atoms with van der Waals surface area (Å²) in [5.41, 5.74) is 2.56. The highest BCUT2D eigenvalue weighted by atomic mass is 16.2. The second-order valence-electron chi connectivity index (χ2n) is 7.93. The number of likely N-dealkylation sites (tertiary alicyclic amines) is 1. The summed E-state index contributed by atoms with van der Waals surface area (Å²) in [6, 6.07) is 8.31. The van der Waals surface area contributed by atoms with E-state index in [0.29, 0.717) is 6.54 Å². The van der Waals surface area contributed by atoms with Gasteiger partial charge in [-0.15, -0.1) is 0 Å². The lowest BCUT2D eigenvalue weighted by Crippen LogP contribution is -2.52. The zero-order chi connectivity index (χ0) is 17.9. The number of nitrogens with one attached hydrogen (secondary N) is 2. The Balaban J connectivity index is 1.37. The number of hydrogen-bond donors (Lipinski definition) is 2. The first-order valence-electron chi connectivity index (χ1n) is 10.2. The Labute approximate surface area is 155 Å². The minimum atomic E-state index is -0.327. The lowest BCUT2D eigenvalue weighted by molar-refractivity contribution is -0.125. The highest BCUT2D eigenvalue weighted by Gasteiger charge is 2.36. The number of fused-ring (bicyclic) bond motifs is 1. The van der Waals surface area contributed by atoms with Crippen LogP contribution in [0, 0.1) is 0 Å². The van der Waals surface area contributed by atoms with Gasteiger partial charge in [-0.1, -0.05) is 43.5 Å². The summed E-state index contributed by atoms with van der Waals surface area (Å²) in [5, 5.41) is 6.37. The third-order valence-corrected chi connectivity index (χ3v) is 6.20. The molecule has 1 aromatic rings. The van der Waals surface area contributed by atoms with Crippen LogP contribution in [0.4, 0.5) is 4.79 Å². The van der Waals surface area contributed by atoms with Crippen LogP contribution in [-0.4, -0.2) is 35.5 Å². The summed E-state index contributed by atoms with van der Waals surface area (Å²) in [4.78, 5) is 27.3. The molecule has 5 heteroatoms. The zero-order valence-electron chi connectivity index (χ0n) is 15.4. The maximum absolute atomic E-state index is 12.9. The topological polar surface area (TPSA) is 61.4 Å². The third-order valence-electron chi connectivity index (χ3n) is 6.20. The number of nitrogens with zero attached hydrogens (tertiary/aromatic N) is 1. The van der Waals surface area contributed by atoms with Crippen molar-refractivity contribution in [2.45, 2.75) is 75.9 Å². The summed E-state index contributed by atoms with van der Waals surface area (Å²) in [6.45, 7) is 0.678. The number of aryl methyl sites for hydroxylation is 1. The Morgan fingerprint density at radius 2 is 1.73 bits per heavy atom.